The van der Waals surface area contributed by atoms with Crippen LogP contribution in [0.25, 0.3) is 10.9 Å². The van der Waals surface area contributed by atoms with Crippen molar-refractivity contribution in [2.24, 2.45) is 0 Å². The first-order valence-corrected chi connectivity index (χ1v) is 3.83. The molecule has 0 amide bonds. The second-order valence-electron chi connectivity index (χ2n) is 2.70. The summed E-state index contributed by atoms with van der Waals surface area (Å²) in [5.41, 5.74) is 0.966. The first kappa shape index (κ1) is 7.73. The number of rotatable bonds is 1. The molecule has 0 fully saturated rings. The number of aromatic carboxylic acids is 1. The van der Waals surface area contributed by atoms with Crippen molar-refractivity contribution in [2.75, 3.05) is 0 Å². The van der Waals surface area contributed by atoms with E-state index in [1.165, 1.54) is 6.07 Å². The monoisotopic (exact) mass is 172 g/mol. The maximum atomic E-state index is 10.5. The summed E-state index contributed by atoms with van der Waals surface area (Å²) in [6.45, 7) is 0. The van der Waals surface area contributed by atoms with Crippen LogP contribution in [0, 0.1) is 0 Å². The minimum atomic E-state index is -1.16. The molecule has 0 saturated carbocycles. The van der Waals surface area contributed by atoms with Crippen molar-refractivity contribution >= 4 is 16.9 Å². The van der Waals surface area contributed by atoms with Gasteiger partial charge in [0.15, 0.2) is 0 Å². The van der Waals surface area contributed by atoms with Gasteiger partial charge in [-0.05, 0) is 23.8 Å². The Morgan fingerprint density at radius 3 is 2.92 bits per heavy atom. The lowest BCUT2D eigenvalue weighted by molar-refractivity contribution is -0.255. The minimum Gasteiger partial charge on any atom is -0.545 e. The number of hydrogen-bond donors (Lipinski definition) is 0. The van der Waals surface area contributed by atoms with Crippen molar-refractivity contribution in [3.05, 3.63) is 42.1 Å². The minimum absolute atomic E-state index is 0.181. The molecule has 2 rings (SSSR count). The molecule has 1 aromatic carbocycles. The molecule has 0 aliphatic carbocycles. The molecule has 0 N–H and O–H groups in total. The van der Waals surface area contributed by atoms with E-state index in [9.17, 15) is 9.90 Å². The molecule has 2 aromatic rings. The molecule has 0 spiro atoms. The summed E-state index contributed by atoms with van der Waals surface area (Å²) in [5.74, 6) is -1.16. The smallest absolute Gasteiger partial charge is 0.0715 e. The van der Waals surface area contributed by atoms with Crippen LogP contribution in [0.2, 0.25) is 0 Å². The highest BCUT2D eigenvalue weighted by molar-refractivity contribution is 5.91. The lowest BCUT2D eigenvalue weighted by atomic mass is 10.1. The third kappa shape index (κ3) is 1.36. The first-order chi connectivity index (χ1) is 6.27. The van der Waals surface area contributed by atoms with E-state index < -0.39 is 5.97 Å². The van der Waals surface area contributed by atoms with Gasteiger partial charge in [0, 0.05) is 11.6 Å². The summed E-state index contributed by atoms with van der Waals surface area (Å²) < 4.78 is 0. The highest BCUT2D eigenvalue weighted by Gasteiger charge is 1.96. The predicted octanol–water partition coefficient (Wildman–Crippen LogP) is 0.598. The molecule has 0 unspecified atom stereocenters. The van der Waals surface area contributed by atoms with Crippen LogP contribution in [-0.4, -0.2) is 11.0 Å². The SMILES string of the molecule is O=C([O-])c1ccc2ncccc2c1. The van der Waals surface area contributed by atoms with E-state index in [4.69, 9.17) is 0 Å². The number of aromatic nitrogens is 1. The Kier molecular flexibility index (Phi) is 1.70. The van der Waals surface area contributed by atoms with Crippen molar-refractivity contribution in [3.63, 3.8) is 0 Å². The van der Waals surface area contributed by atoms with Gasteiger partial charge in [0.25, 0.3) is 0 Å². The molecule has 3 heteroatoms. The summed E-state index contributed by atoms with van der Waals surface area (Å²) in [7, 11) is 0. The Labute approximate surface area is 74.7 Å². The number of pyridine rings is 1. The number of benzene rings is 1. The summed E-state index contributed by atoms with van der Waals surface area (Å²) >= 11 is 0. The molecule has 0 saturated heterocycles. The van der Waals surface area contributed by atoms with Crippen LogP contribution in [0.1, 0.15) is 10.4 Å². The highest BCUT2D eigenvalue weighted by Crippen LogP contribution is 2.12. The molecule has 13 heavy (non-hydrogen) atoms. The number of carbonyl (C=O) groups excluding carboxylic acids is 1. The van der Waals surface area contributed by atoms with Crippen molar-refractivity contribution in [1.82, 2.24) is 4.98 Å². The normalized spacial score (nSPS) is 10.2. The van der Waals surface area contributed by atoms with Gasteiger partial charge in [0.1, 0.15) is 0 Å². The lowest BCUT2D eigenvalue weighted by Crippen LogP contribution is -2.21. The summed E-state index contributed by atoms with van der Waals surface area (Å²) in [5, 5.41) is 11.3. The van der Waals surface area contributed by atoms with E-state index in [1.807, 2.05) is 6.07 Å². The van der Waals surface area contributed by atoms with Gasteiger partial charge in [-0.3, -0.25) is 4.98 Å². The van der Waals surface area contributed by atoms with Gasteiger partial charge in [-0.15, -0.1) is 0 Å². The Morgan fingerprint density at radius 1 is 1.31 bits per heavy atom. The molecule has 0 aliphatic rings. The van der Waals surface area contributed by atoms with Gasteiger partial charge in [-0.1, -0.05) is 12.1 Å². The second kappa shape index (κ2) is 2.86. The quantitative estimate of drug-likeness (QED) is 0.632. The molecule has 0 atom stereocenters. The van der Waals surface area contributed by atoms with E-state index in [1.54, 1.807) is 24.4 Å². The summed E-state index contributed by atoms with van der Waals surface area (Å²) in [6, 6.07) is 8.29. The Morgan fingerprint density at radius 2 is 2.15 bits per heavy atom. The summed E-state index contributed by atoms with van der Waals surface area (Å²) in [4.78, 5) is 14.6. The highest BCUT2D eigenvalue weighted by atomic mass is 16.4. The van der Waals surface area contributed by atoms with E-state index in [2.05, 4.69) is 4.98 Å². The third-order valence-corrected chi connectivity index (χ3v) is 1.84. The van der Waals surface area contributed by atoms with Crippen molar-refractivity contribution in [2.45, 2.75) is 0 Å². The number of carboxylic acids is 1. The maximum absolute atomic E-state index is 10.5. The zero-order valence-corrected chi connectivity index (χ0v) is 6.73. The molecular formula is C10H6NO2-. The fourth-order valence-corrected chi connectivity index (χ4v) is 1.20. The number of nitrogens with zero attached hydrogens (tertiary/aromatic N) is 1. The molecule has 0 radical (unpaired) electrons. The van der Waals surface area contributed by atoms with E-state index in [0.29, 0.717) is 0 Å². The van der Waals surface area contributed by atoms with Gasteiger partial charge in [0.2, 0.25) is 0 Å². The van der Waals surface area contributed by atoms with Crippen LogP contribution in [-0.2, 0) is 0 Å². The van der Waals surface area contributed by atoms with Crippen LogP contribution in [0.15, 0.2) is 36.5 Å². The summed E-state index contributed by atoms with van der Waals surface area (Å²) in [6.07, 6.45) is 1.67. The first-order valence-electron chi connectivity index (χ1n) is 3.83. The van der Waals surface area contributed by atoms with Gasteiger partial charge >= 0.3 is 0 Å². The zero-order chi connectivity index (χ0) is 9.26. The van der Waals surface area contributed by atoms with Crippen LogP contribution in [0.4, 0.5) is 0 Å². The fraction of sp³-hybridized carbons (Fsp3) is 0. The Bertz CT molecular complexity index is 465. The van der Waals surface area contributed by atoms with Crippen LogP contribution in [0.5, 0.6) is 0 Å². The molecule has 64 valence electrons. The number of carboxylic acid groups (broad SMARTS) is 1. The van der Waals surface area contributed by atoms with Crippen LogP contribution in [0.3, 0.4) is 0 Å². The van der Waals surface area contributed by atoms with E-state index in [-0.39, 0.29) is 5.56 Å². The average molecular weight is 172 g/mol. The standard InChI is InChI=1S/C10H7NO2/c12-10(13)8-3-4-9-7(6-8)2-1-5-11-9/h1-6H,(H,12,13)/p-1. The number of fused-ring (bicyclic) bond motifs is 1. The average Bonchev–Trinajstić information content (AvgIpc) is 2.17. The van der Waals surface area contributed by atoms with Crippen LogP contribution < -0.4 is 5.11 Å². The predicted molar refractivity (Wildman–Crippen MR) is 46.1 cm³/mol. The van der Waals surface area contributed by atoms with Crippen molar-refractivity contribution in [1.29, 1.82) is 0 Å². The fourth-order valence-electron chi connectivity index (χ4n) is 1.20. The maximum Gasteiger partial charge on any atom is 0.0715 e. The van der Waals surface area contributed by atoms with E-state index in [0.717, 1.165) is 10.9 Å². The van der Waals surface area contributed by atoms with Crippen LogP contribution >= 0.6 is 0 Å². The second-order valence-corrected chi connectivity index (χ2v) is 2.70. The molecule has 0 aliphatic heterocycles. The van der Waals surface area contributed by atoms with Crippen molar-refractivity contribution in [3.8, 4) is 0 Å². The topological polar surface area (TPSA) is 53.0 Å². The number of carbonyl (C=O) groups is 1. The zero-order valence-electron chi connectivity index (χ0n) is 6.73. The molecule has 1 aromatic heterocycles. The molecular weight excluding hydrogens is 166 g/mol. The largest absolute Gasteiger partial charge is 0.545 e. The lowest BCUT2D eigenvalue weighted by Gasteiger charge is -2.02. The number of hydrogen-bond acceptors (Lipinski definition) is 3. The van der Waals surface area contributed by atoms with Gasteiger partial charge in [0.05, 0.1) is 11.5 Å². The van der Waals surface area contributed by atoms with Gasteiger partial charge < -0.3 is 9.90 Å². The molecule has 1 heterocycles. The Hall–Kier alpha value is -1.90. The Balaban J connectivity index is 2.69. The van der Waals surface area contributed by atoms with Crippen molar-refractivity contribution < 1.29 is 9.90 Å². The van der Waals surface area contributed by atoms with Gasteiger partial charge in [-0.2, -0.15) is 0 Å². The third-order valence-electron chi connectivity index (χ3n) is 1.84. The molecule has 3 nitrogen and oxygen atoms in total. The van der Waals surface area contributed by atoms with Gasteiger partial charge in [-0.25, -0.2) is 0 Å². The molecule has 0 bridgehead atoms. The van der Waals surface area contributed by atoms with E-state index >= 15 is 0 Å².